The maximum atomic E-state index is 12.3. The average molecular weight is 298 g/mol. The van der Waals surface area contributed by atoms with E-state index >= 15 is 0 Å². The van der Waals surface area contributed by atoms with Crippen molar-refractivity contribution >= 4 is 16.7 Å². The molecular formula is C19H22O3. The number of hydrogen-bond acceptors (Lipinski definition) is 3. The molecule has 0 spiro atoms. The van der Waals surface area contributed by atoms with Crippen LogP contribution in [0.15, 0.2) is 54.1 Å². The van der Waals surface area contributed by atoms with E-state index in [2.05, 4.69) is 0 Å². The van der Waals surface area contributed by atoms with E-state index in [0.717, 1.165) is 10.8 Å². The number of hydrogen-bond donors (Lipinski definition) is 1. The van der Waals surface area contributed by atoms with Crippen LogP contribution in [0.5, 0.6) is 0 Å². The molecule has 0 radical (unpaired) electrons. The highest BCUT2D eigenvalue weighted by Crippen LogP contribution is 2.30. The molecule has 2 aromatic carbocycles. The Hall–Kier alpha value is -2.13. The van der Waals surface area contributed by atoms with Crippen LogP contribution in [-0.4, -0.2) is 16.7 Å². The van der Waals surface area contributed by atoms with Crippen LogP contribution in [0, 0.1) is 0 Å². The van der Waals surface area contributed by atoms with E-state index in [4.69, 9.17) is 4.74 Å². The molecule has 1 atom stereocenters. The summed E-state index contributed by atoms with van der Waals surface area (Å²) >= 11 is 0. The molecule has 0 aromatic heterocycles. The van der Waals surface area contributed by atoms with Gasteiger partial charge < -0.3 is 9.84 Å². The van der Waals surface area contributed by atoms with Crippen molar-refractivity contribution in [3.63, 3.8) is 0 Å². The molecule has 0 bridgehead atoms. The molecule has 0 aliphatic rings. The number of carbonyl (C=O) groups excluding carboxylic acids is 1. The van der Waals surface area contributed by atoms with Crippen LogP contribution < -0.4 is 0 Å². The summed E-state index contributed by atoms with van der Waals surface area (Å²) in [5, 5.41) is 12.6. The van der Waals surface area contributed by atoms with Gasteiger partial charge in [-0.25, -0.2) is 4.79 Å². The lowest BCUT2D eigenvalue weighted by Gasteiger charge is -2.23. The number of aliphatic hydroxyl groups excluding tert-OH is 1. The number of ether oxygens (including phenoxy) is 1. The Morgan fingerprint density at radius 2 is 1.77 bits per heavy atom. The maximum absolute atomic E-state index is 12.3. The number of aliphatic hydroxyl groups is 1. The lowest BCUT2D eigenvalue weighted by molar-refractivity contribution is -0.151. The quantitative estimate of drug-likeness (QED) is 0.683. The molecule has 3 nitrogen and oxygen atoms in total. The van der Waals surface area contributed by atoms with Gasteiger partial charge in [0.15, 0.2) is 0 Å². The van der Waals surface area contributed by atoms with Crippen LogP contribution in [0.25, 0.3) is 10.8 Å². The molecule has 0 heterocycles. The Bertz CT molecular complexity index is 703. The molecule has 0 aliphatic heterocycles. The Kier molecular flexibility index (Phi) is 4.67. The van der Waals surface area contributed by atoms with Crippen molar-refractivity contribution < 1.29 is 14.6 Å². The van der Waals surface area contributed by atoms with Crippen LogP contribution >= 0.6 is 0 Å². The fourth-order valence-electron chi connectivity index (χ4n) is 2.38. The first-order chi connectivity index (χ1) is 10.3. The summed E-state index contributed by atoms with van der Waals surface area (Å²) in [6.07, 6.45) is 0.603. The van der Waals surface area contributed by atoms with E-state index in [1.807, 2.05) is 63.2 Å². The molecule has 2 aromatic rings. The Morgan fingerprint density at radius 3 is 2.41 bits per heavy atom. The first-order valence-corrected chi connectivity index (χ1v) is 7.39. The molecule has 3 heteroatoms. The van der Waals surface area contributed by atoms with E-state index in [1.165, 1.54) is 0 Å². The summed E-state index contributed by atoms with van der Waals surface area (Å²) in [6.45, 7) is 7.15. The Morgan fingerprint density at radius 1 is 1.14 bits per heavy atom. The van der Waals surface area contributed by atoms with Gasteiger partial charge in [-0.15, -0.1) is 0 Å². The normalized spacial score (nSPS) is 14.0. The minimum Gasteiger partial charge on any atom is -0.457 e. The average Bonchev–Trinajstić information content (AvgIpc) is 2.45. The van der Waals surface area contributed by atoms with Crippen molar-refractivity contribution in [2.24, 2.45) is 0 Å². The maximum Gasteiger partial charge on any atom is 0.337 e. The number of esters is 1. The highest BCUT2D eigenvalue weighted by Gasteiger charge is 2.26. The third-order valence-electron chi connectivity index (χ3n) is 3.36. The summed E-state index contributed by atoms with van der Waals surface area (Å²) in [7, 11) is 0. The minimum absolute atomic E-state index is 0.256. The van der Waals surface area contributed by atoms with E-state index < -0.39 is 17.7 Å². The Labute approximate surface area is 131 Å². The van der Waals surface area contributed by atoms with Crippen molar-refractivity contribution in [1.29, 1.82) is 0 Å². The van der Waals surface area contributed by atoms with Gasteiger partial charge in [-0.3, -0.25) is 0 Å². The highest BCUT2D eigenvalue weighted by molar-refractivity contribution is 5.93. The van der Waals surface area contributed by atoms with Crippen LogP contribution in [0.4, 0.5) is 0 Å². The van der Waals surface area contributed by atoms with Crippen LogP contribution in [0.2, 0.25) is 0 Å². The van der Waals surface area contributed by atoms with E-state index in [9.17, 15) is 9.90 Å². The van der Waals surface area contributed by atoms with Crippen molar-refractivity contribution in [2.75, 3.05) is 0 Å². The number of benzene rings is 2. The van der Waals surface area contributed by atoms with Crippen LogP contribution in [0.3, 0.4) is 0 Å². The first kappa shape index (κ1) is 16.2. The van der Waals surface area contributed by atoms with Gasteiger partial charge in [0.1, 0.15) is 11.7 Å². The monoisotopic (exact) mass is 298 g/mol. The van der Waals surface area contributed by atoms with Gasteiger partial charge in [0.2, 0.25) is 0 Å². The molecule has 1 unspecified atom stereocenters. The molecular weight excluding hydrogens is 276 g/mol. The topological polar surface area (TPSA) is 46.5 Å². The van der Waals surface area contributed by atoms with Crippen molar-refractivity contribution in [3.8, 4) is 0 Å². The number of rotatable bonds is 3. The predicted octanol–water partition coefficient (Wildman–Crippen LogP) is 4.16. The highest BCUT2D eigenvalue weighted by atomic mass is 16.6. The minimum atomic E-state index is -1.01. The largest absolute Gasteiger partial charge is 0.457 e. The molecule has 1 N–H and O–H groups in total. The first-order valence-electron chi connectivity index (χ1n) is 7.39. The van der Waals surface area contributed by atoms with Gasteiger partial charge in [0.25, 0.3) is 0 Å². The number of fused-ring (bicyclic) bond motifs is 1. The fraction of sp³-hybridized carbons (Fsp3) is 0.316. The molecule has 22 heavy (non-hydrogen) atoms. The van der Waals surface area contributed by atoms with E-state index in [0.29, 0.717) is 5.56 Å². The van der Waals surface area contributed by atoms with Crippen LogP contribution in [0.1, 0.15) is 39.4 Å². The second-order valence-corrected chi connectivity index (χ2v) is 6.22. The lowest BCUT2D eigenvalue weighted by Crippen LogP contribution is -2.26. The van der Waals surface area contributed by atoms with Gasteiger partial charge in [0.05, 0.1) is 5.57 Å². The van der Waals surface area contributed by atoms with E-state index in [1.54, 1.807) is 13.0 Å². The van der Waals surface area contributed by atoms with Crippen molar-refractivity contribution in [1.82, 2.24) is 0 Å². The summed E-state index contributed by atoms with van der Waals surface area (Å²) in [5.41, 5.74) is 0.368. The zero-order chi connectivity index (χ0) is 16.3. The summed E-state index contributed by atoms with van der Waals surface area (Å²) in [6, 6.07) is 13.5. The van der Waals surface area contributed by atoms with Gasteiger partial charge in [0, 0.05) is 0 Å². The second-order valence-electron chi connectivity index (χ2n) is 6.22. The zero-order valence-electron chi connectivity index (χ0n) is 13.5. The summed E-state index contributed by atoms with van der Waals surface area (Å²) in [5.74, 6) is -0.490. The smallest absolute Gasteiger partial charge is 0.337 e. The number of allylic oxidation sites excluding steroid dienone is 1. The third-order valence-corrected chi connectivity index (χ3v) is 3.36. The molecule has 2 rings (SSSR count). The lowest BCUT2D eigenvalue weighted by atomic mass is 9.95. The molecule has 0 fully saturated rings. The van der Waals surface area contributed by atoms with Crippen molar-refractivity contribution in [2.45, 2.75) is 39.4 Å². The van der Waals surface area contributed by atoms with Crippen LogP contribution in [-0.2, 0) is 9.53 Å². The van der Waals surface area contributed by atoms with Gasteiger partial charge in [-0.05, 0) is 44.0 Å². The molecule has 0 aliphatic carbocycles. The second kappa shape index (κ2) is 6.32. The standard InChI is InChI=1S/C19H22O3/c1-5-14(18(21)22-19(2,3)4)17(20)16-12-8-10-13-9-6-7-11-15(13)16/h5-12,17,20H,1-4H3/b14-5-. The van der Waals surface area contributed by atoms with Crippen molar-refractivity contribution in [3.05, 3.63) is 59.7 Å². The van der Waals surface area contributed by atoms with Gasteiger partial charge >= 0.3 is 5.97 Å². The zero-order valence-corrected chi connectivity index (χ0v) is 13.5. The SMILES string of the molecule is C/C=C(\C(=O)OC(C)(C)C)C(O)c1cccc2ccccc12. The van der Waals surface area contributed by atoms with Gasteiger partial charge in [-0.1, -0.05) is 48.5 Å². The summed E-state index contributed by atoms with van der Waals surface area (Å²) in [4.78, 5) is 12.3. The molecule has 0 saturated heterocycles. The third kappa shape index (κ3) is 3.55. The number of carbonyl (C=O) groups is 1. The van der Waals surface area contributed by atoms with Gasteiger partial charge in [-0.2, -0.15) is 0 Å². The predicted molar refractivity (Wildman–Crippen MR) is 88.5 cm³/mol. The summed E-state index contributed by atoms with van der Waals surface area (Å²) < 4.78 is 5.38. The molecule has 0 saturated carbocycles. The van der Waals surface area contributed by atoms with E-state index in [-0.39, 0.29) is 5.57 Å². The molecule has 0 amide bonds. The molecule has 116 valence electrons. The Balaban J connectivity index is 2.40. The fourth-order valence-corrected chi connectivity index (χ4v) is 2.38.